The zero-order valence-corrected chi connectivity index (χ0v) is 19.3. The van der Waals surface area contributed by atoms with Crippen molar-refractivity contribution in [1.29, 1.82) is 5.26 Å². The van der Waals surface area contributed by atoms with Crippen molar-refractivity contribution in [3.8, 4) is 6.07 Å². The van der Waals surface area contributed by atoms with Crippen molar-refractivity contribution in [1.82, 2.24) is 9.97 Å². The van der Waals surface area contributed by atoms with E-state index in [9.17, 15) is 10.4 Å². The summed E-state index contributed by atoms with van der Waals surface area (Å²) in [5, 5.41) is 26.8. The summed E-state index contributed by atoms with van der Waals surface area (Å²) in [6, 6.07) is 2.45. The highest BCUT2D eigenvalue weighted by atomic mass is 16.3. The minimum absolute atomic E-state index is 0.0212. The van der Waals surface area contributed by atoms with Gasteiger partial charge in [0.1, 0.15) is 17.9 Å². The third-order valence-corrected chi connectivity index (χ3v) is 7.91. The van der Waals surface area contributed by atoms with Gasteiger partial charge >= 0.3 is 0 Å². The Kier molecular flexibility index (Phi) is 6.86. The zero-order valence-electron chi connectivity index (χ0n) is 19.3. The van der Waals surface area contributed by atoms with Gasteiger partial charge in [-0.15, -0.1) is 0 Å². The van der Waals surface area contributed by atoms with E-state index in [0.29, 0.717) is 17.9 Å². The maximum Gasteiger partial charge on any atom is 0.236 e. The Bertz CT molecular complexity index is 792. The second-order valence-corrected chi connectivity index (χ2v) is 10.0. The molecule has 4 rings (SSSR count). The molecule has 0 aromatic carbocycles. The van der Waals surface area contributed by atoms with Crippen LogP contribution in [-0.4, -0.2) is 40.4 Å². The van der Waals surface area contributed by atoms with Crippen LogP contribution in [0, 0.1) is 35.0 Å². The quantitative estimate of drug-likeness (QED) is 0.568. The number of rotatable bonds is 8. The Morgan fingerprint density at radius 2 is 1.97 bits per heavy atom. The smallest absolute Gasteiger partial charge is 0.236 e. The van der Waals surface area contributed by atoms with E-state index in [0.717, 1.165) is 36.2 Å². The molecule has 0 amide bonds. The Balaban J connectivity index is 1.66. The molecule has 3 N–H and O–H groups in total. The molecule has 31 heavy (non-hydrogen) atoms. The van der Waals surface area contributed by atoms with E-state index in [1.54, 1.807) is 0 Å². The van der Waals surface area contributed by atoms with Crippen LogP contribution in [0.1, 0.15) is 78.0 Å². The van der Waals surface area contributed by atoms with Crippen LogP contribution in [0.3, 0.4) is 0 Å². The Labute approximate surface area is 186 Å². The Morgan fingerprint density at radius 1 is 1.23 bits per heavy atom. The average molecular weight is 427 g/mol. The van der Waals surface area contributed by atoms with Crippen LogP contribution in [0.2, 0.25) is 0 Å². The van der Waals surface area contributed by atoms with Crippen LogP contribution in [-0.2, 0) is 0 Å². The lowest BCUT2D eigenvalue weighted by Gasteiger charge is -2.37. The fourth-order valence-electron chi connectivity index (χ4n) is 5.43. The highest BCUT2D eigenvalue weighted by molar-refractivity contribution is 5.83. The van der Waals surface area contributed by atoms with Gasteiger partial charge in [0, 0.05) is 25.1 Å². The fraction of sp³-hybridized carbons (Fsp3) is 0.792. The van der Waals surface area contributed by atoms with Gasteiger partial charge < -0.3 is 20.6 Å². The third kappa shape index (κ3) is 4.59. The summed E-state index contributed by atoms with van der Waals surface area (Å²) in [6.45, 7) is 7.76. The SMILES string of the molecule is CCC(CO)C1Nc2nc(C#N)nc(N[C@H](C)C3CCC3)c2N1C[C@H]1CC[C@H](C)CC1. The first kappa shape index (κ1) is 22.1. The molecule has 1 aliphatic heterocycles. The summed E-state index contributed by atoms with van der Waals surface area (Å²) in [5.74, 6) is 3.91. The summed E-state index contributed by atoms with van der Waals surface area (Å²) >= 11 is 0. The first-order chi connectivity index (χ1) is 15.0. The van der Waals surface area contributed by atoms with Crippen LogP contribution >= 0.6 is 0 Å². The van der Waals surface area contributed by atoms with E-state index in [1.165, 1.54) is 44.9 Å². The van der Waals surface area contributed by atoms with Crippen molar-refractivity contribution in [2.24, 2.45) is 23.7 Å². The van der Waals surface area contributed by atoms with Crippen LogP contribution in [0.4, 0.5) is 17.3 Å². The number of fused-ring (bicyclic) bond motifs is 1. The maximum atomic E-state index is 10.1. The lowest BCUT2D eigenvalue weighted by atomic mass is 9.80. The lowest BCUT2D eigenvalue weighted by Crippen LogP contribution is -2.46. The maximum absolute atomic E-state index is 10.1. The first-order valence-electron chi connectivity index (χ1n) is 12.3. The number of aliphatic hydroxyl groups excluding tert-OH is 1. The minimum atomic E-state index is -0.0212. The molecule has 0 spiro atoms. The standard InChI is InChI=1S/C24H38N6O/c1-4-18(14-31)24-29-23-21(30(24)13-17-10-8-15(2)9-11-17)22(27-20(12-25)28-23)26-16(3)19-6-5-7-19/h15-19,24,31H,4-11,13-14H2,1-3H3,(H2,26,27,28,29)/t15-,16-,17-,18?,24?/m1/s1. The summed E-state index contributed by atoms with van der Waals surface area (Å²) in [6.07, 6.45) is 9.71. The summed E-state index contributed by atoms with van der Waals surface area (Å²) in [5.41, 5.74) is 0.987. The Morgan fingerprint density at radius 3 is 2.55 bits per heavy atom. The molecule has 0 saturated heterocycles. The summed E-state index contributed by atoms with van der Waals surface area (Å²) in [4.78, 5) is 11.5. The average Bonchev–Trinajstić information content (AvgIpc) is 3.07. The van der Waals surface area contributed by atoms with Crippen LogP contribution < -0.4 is 15.5 Å². The van der Waals surface area contributed by atoms with Gasteiger partial charge in [-0.05, 0) is 56.8 Å². The molecule has 3 aliphatic rings. The fourth-order valence-corrected chi connectivity index (χ4v) is 5.43. The molecular formula is C24H38N6O. The number of aromatic nitrogens is 2. The molecule has 2 aliphatic carbocycles. The van der Waals surface area contributed by atoms with E-state index in [1.807, 2.05) is 0 Å². The molecule has 1 aromatic heterocycles. The molecule has 0 bridgehead atoms. The van der Waals surface area contributed by atoms with Gasteiger partial charge in [-0.3, -0.25) is 0 Å². The van der Waals surface area contributed by atoms with Crippen LogP contribution in [0.15, 0.2) is 0 Å². The number of nitriles is 1. The van der Waals surface area contributed by atoms with Gasteiger partial charge in [0.15, 0.2) is 11.6 Å². The second-order valence-electron chi connectivity index (χ2n) is 10.0. The first-order valence-corrected chi connectivity index (χ1v) is 12.3. The number of anilines is 3. The lowest BCUT2D eigenvalue weighted by molar-refractivity contribution is 0.200. The Hall–Kier alpha value is -2.07. The van der Waals surface area contributed by atoms with Crippen molar-refractivity contribution in [2.45, 2.75) is 84.3 Å². The van der Waals surface area contributed by atoms with E-state index >= 15 is 0 Å². The molecule has 2 fully saturated rings. The molecule has 7 nitrogen and oxygen atoms in total. The third-order valence-electron chi connectivity index (χ3n) is 7.91. The second kappa shape index (κ2) is 9.60. The molecule has 2 heterocycles. The predicted octanol–water partition coefficient (Wildman–Crippen LogP) is 4.35. The number of aliphatic hydroxyl groups is 1. The van der Waals surface area contributed by atoms with Crippen LogP contribution in [0.25, 0.3) is 0 Å². The van der Waals surface area contributed by atoms with Gasteiger partial charge in [0.25, 0.3) is 0 Å². The van der Waals surface area contributed by atoms with Crippen molar-refractivity contribution < 1.29 is 5.11 Å². The van der Waals surface area contributed by atoms with E-state index < -0.39 is 0 Å². The number of nitrogens with zero attached hydrogens (tertiary/aromatic N) is 4. The molecule has 2 saturated carbocycles. The molecule has 7 heteroatoms. The number of hydrogen-bond donors (Lipinski definition) is 3. The van der Waals surface area contributed by atoms with Crippen molar-refractivity contribution in [2.75, 3.05) is 28.7 Å². The van der Waals surface area contributed by atoms with Crippen molar-refractivity contribution >= 4 is 17.3 Å². The number of nitrogens with one attached hydrogen (secondary N) is 2. The van der Waals surface area contributed by atoms with Gasteiger partial charge in [-0.2, -0.15) is 15.2 Å². The van der Waals surface area contributed by atoms with Gasteiger partial charge in [0.05, 0.1) is 0 Å². The van der Waals surface area contributed by atoms with E-state index in [-0.39, 0.29) is 24.5 Å². The van der Waals surface area contributed by atoms with E-state index in [2.05, 4.69) is 52.3 Å². The highest BCUT2D eigenvalue weighted by Gasteiger charge is 2.39. The van der Waals surface area contributed by atoms with Crippen LogP contribution in [0.5, 0.6) is 0 Å². The largest absolute Gasteiger partial charge is 0.396 e. The van der Waals surface area contributed by atoms with Gasteiger partial charge in [-0.25, -0.2) is 0 Å². The topological polar surface area (TPSA) is 97.1 Å². The number of hydrogen-bond acceptors (Lipinski definition) is 7. The molecule has 3 atom stereocenters. The molecule has 1 aromatic rings. The van der Waals surface area contributed by atoms with Gasteiger partial charge in [0.2, 0.25) is 5.82 Å². The highest BCUT2D eigenvalue weighted by Crippen LogP contribution is 2.44. The summed E-state index contributed by atoms with van der Waals surface area (Å²) < 4.78 is 0. The molecule has 0 radical (unpaired) electrons. The predicted molar refractivity (Wildman–Crippen MR) is 124 cm³/mol. The molecular weight excluding hydrogens is 388 g/mol. The van der Waals surface area contributed by atoms with Crippen molar-refractivity contribution in [3.63, 3.8) is 0 Å². The van der Waals surface area contributed by atoms with Gasteiger partial charge in [-0.1, -0.05) is 33.1 Å². The molecule has 170 valence electrons. The normalized spacial score (nSPS) is 27.6. The summed E-state index contributed by atoms with van der Waals surface area (Å²) in [7, 11) is 0. The molecule has 2 unspecified atom stereocenters. The monoisotopic (exact) mass is 426 g/mol. The minimum Gasteiger partial charge on any atom is -0.396 e. The van der Waals surface area contributed by atoms with E-state index in [4.69, 9.17) is 0 Å². The zero-order chi connectivity index (χ0) is 22.0. The van der Waals surface area contributed by atoms with Crippen molar-refractivity contribution in [3.05, 3.63) is 5.82 Å².